The molecule has 15 heavy (non-hydrogen) atoms. The van der Waals surface area contributed by atoms with E-state index < -0.39 is 0 Å². The highest BCUT2D eigenvalue weighted by atomic mass is 32.2. The van der Waals surface area contributed by atoms with Crippen molar-refractivity contribution in [3.8, 4) is 0 Å². The minimum Gasteiger partial charge on any atom is -0.383 e. The van der Waals surface area contributed by atoms with Crippen LogP contribution in [0.25, 0.3) is 0 Å². The molecule has 0 aliphatic carbocycles. The Kier molecular flexibility index (Phi) is 8.52. The van der Waals surface area contributed by atoms with Crippen molar-refractivity contribution >= 4 is 17.7 Å². The minimum absolute atomic E-state index is 0.0425. The Balaban J connectivity index is 3.74. The molecule has 1 atom stereocenters. The maximum atomic E-state index is 11.7. The molecule has 3 nitrogen and oxygen atoms in total. The molecule has 0 rings (SSSR count). The van der Waals surface area contributed by atoms with Crippen LogP contribution in [0.2, 0.25) is 0 Å². The van der Waals surface area contributed by atoms with Gasteiger partial charge in [-0.25, -0.2) is 0 Å². The topological polar surface area (TPSA) is 41.1 Å². The third kappa shape index (κ3) is 6.57. The number of rotatable bonds is 9. The van der Waals surface area contributed by atoms with Crippen molar-refractivity contribution in [2.75, 3.05) is 12.8 Å². The van der Waals surface area contributed by atoms with E-state index in [1.165, 1.54) is 24.8 Å². The number of nitrogens with one attached hydrogen (secondary N) is 2. The van der Waals surface area contributed by atoms with E-state index in [9.17, 15) is 4.79 Å². The van der Waals surface area contributed by atoms with Crippen LogP contribution in [0.3, 0.4) is 0 Å². The van der Waals surface area contributed by atoms with Gasteiger partial charge in [0, 0.05) is 6.54 Å². The quantitative estimate of drug-likeness (QED) is 0.361. The first kappa shape index (κ1) is 14.5. The third-order valence-electron chi connectivity index (χ3n) is 2.10. The van der Waals surface area contributed by atoms with E-state index >= 15 is 0 Å². The molecule has 2 N–H and O–H groups in total. The predicted molar refractivity (Wildman–Crippen MR) is 67.8 cm³/mol. The SMILES string of the molecule is C=C(NCCCCC)C(=O)[C@H](C)NSC. The van der Waals surface area contributed by atoms with Gasteiger partial charge in [-0.1, -0.05) is 38.3 Å². The molecule has 0 saturated carbocycles. The van der Waals surface area contributed by atoms with Crippen molar-refractivity contribution < 1.29 is 4.79 Å². The standard InChI is InChI=1S/C11H22N2OS/c1-5-6-7-8-12-9(2)11(14)10(3)13-15-4/h10,12-13H,2,5-8H2,1,3-4H3/t10-/m0/s1. The third-order valence-corrected chi connectivity index (χ3v) is 2.69. The van der Waals surface area contributed by atoms with Crippen LogP contribution in [-0.2, 0) is 4.79 Å². The molecule has 0 heterocycles. The lowest BCUT2D eigenvalue weighted by Crippen LogP contribution is -2.34. The molecule has 0 aromatic heterocycles. The first-order chi connectivity index (χ1) is 7.13. The van der Waals surface area contributed by atoms with Gasteiger partial charge in [-0.15, -0.1) is 0 Å². The van der Waals surface area contributed by atoms with E-state index in [1.54, 1.807) is 0 Å². The van der Waals surface area contributed by atoms with Gasteiger partial charge < -0.3 is 5.32 Å². The second kappa shape index (κ2) is 8.80. The molecule has 0 bridgehead atoms. The summed E-state index contributed by atoms with van der Waals surface area (Å²) in [4.78, 5) is 11.7. The van der Waals surface area contributed by atoms with Gasteiger partial charge in [-0.2, -0.15) is 0 Å². The molecule has 0 fully saturated rings. The Hall–Kier alpha value is -0.480. The Morgan fingerprint density at radius 1 is 1.47 bits per heavy atom. The van der Waals surface area contributed by atoms with Gasteiger partial charge in [0.2, 0.25) is 0 Å². The van der Waals surface area contributed by atoms with E-state index in [-0.39, 0.29) is 11.8 Å². The zero-order valence-corrected chi connectivity index (χ0v) is 10.7. The molecular weight excluding hydrogens is 208 g/mol. The largest absolute Gasteiger partial charge is 0.383 e. The number of Topliss-reactive ketones (excluding diaryl/α,β-unsaturated/α-hetero) is 1. The van der Waals surface area contributed by atoms with Crippen LogP contribution in [0, 0.1) is 0 Å². The molecular formula is C11H22N2OS. The number of hydrogen-bond donors (Lipinski definition) is 2. The molecule has 88 valence electrons. The summed E-state index contributed by atoms with van der Waals surface area (Å²) in [7, 11) is 0. The van der Waals surface area contributed by atoms with E-state index in [4.69, 9.17) is 0 Å². The van der Waals surface area contributed by atoms with E-state index in [0.717, 1.165) is 13.0 Å². The number of unbranched alkanes of at least 4 members (excludes halogenated alkanes) is 2. The highest BCUT2D eigenvalue weighted by Crippen LogP contribution is 1.99. The molecule has 0 aliphatic rings. The molecule has 0 unspecified atom stereocenters. The predicted octanol–water partition coefficient (Wildman–Crippen LogP) is 2.11. The average Bonchev–Trinajstić information content (AvgIpc) is 2.23. The van der Waals surface area contributed by atoms with Crippen LogP contribution < -0.4 is 10.0 Å². The van der Waals surface area contributed by atoms with Crippen molar-refractivity contribution in [1.29, 1.82) is 0 Å². The molecule has 0 saturated heterocycles. The highest BCUT2D eigenvalue weighted by molar-refractivity contribution is 7.96. The van der Waals surface area contributed by atoms with Gasteiger partial charge in [0.25, 0.3) is 0 Å². The summed E-state index contributed by atoms with van der Waals surface area (Å²) in [6.45, 7) is 8.59. The Morgan fingerprint density at radius 3 is 2.67 bits per heavy atom. The number of carbonyl (C=O) groups is 1. The van der Waals surface area contributed by atoms with Gasteiger partial charge in [0.15, 0.2) is 5.78 Å². The fourth-order valence-electron chi connectivity index (χ4n) is 1.19. The first-order valence-corrected chi connectivity index (χ1v) is 6.61. The van der Waals surface area contributed by atoms with Gasteiger partial charge in [0.05, 0.1) is 11.7 Å². The second-order valence-corrected chi connectivity index (χ2v) is 4.16. The van der Waals surface area contributed by atoms with Crippen LogP contribution >= 0.6 is 11.9 Å². The lowest BCUT2D eigenvalue weighted by atomic mass is 10.2. The van der Waals surface area contributed by atoms with Gasteiger partial charge in [-0.3, -0.25) is 9.52 Å². The molecule has 0 aromatic rings. The molecule has 0 amide bonds. The molecule has 4 heteroatoms. The normalized spacial score (nSPS) is 12.2. The number of hydrogen-bond acceptors (Lipinski definition) is 4. The smallest absolute Gasteiger partial charge is 0.195 e. The maximum absolute atomic E-state index is 11.7. The Morgan fingerprint density at radius 2 is 2.13 bits per heavy atom. The van der Waals surface area contributed by atoms with Crippen LogP contribution in [-0.4, -0.2) is 24.6 Å². The van der Waals surface area contributed by atoms with Crippen molar-refractivity contribution in [2.24, 2.45) is 0 Å². The summed E-state index contributed by atoms with van der Waals surface area (Å²) in [5, 5.41) is 3.06. The van der Waals surface area contributed by atoms with E-state index in [0.29, 0.717) is 5.70 Å². The van der Waals surface area contributed by atoms with Crippen molar-refractivity contribution in [3.63, 3.8) is 0 Å². The highest BCUT2D eigenvalue weighted by Gasteiger charge is 2.14. The first-order valence-electron chi connectivity index (χ1n) is 5.39. The number of ketones is 1. The fraction of sp³-hybridized carbons (Fsp3) is 0.727. The average molecular weight is 230 g/mol. The lowest BCUT2D eigenvalue weighted by Gasteiger charge is -2.13. The zero-order valence-electron chi connectivity index (χ0n) is 9.93. The zero-order chi connectivity index (χ0) is 11.7. The summed E-state index contributed by atoms with van der Waals surface area (Å²) in [6.07, 6.45) is 5.37. The maximum Gasteiger partial charge on any atom is 0.195 e. The minimum atomic E-state index is -0.175. The van der Waals surface area contributed by atoms with Crippen molar-refractivity contribution in [1.82, 2.24) is 10.0 Å². The summed E-state index contributed by atoms with van der Waals surface area (Å²) >= 11 is 1.45. The lowest BCUT2D eigenvalue weighted by molar-refractivity contribution is -0.117. The van der Waals surface area contributed by atoms with Crippen molar-refractivity contribution in [3.05, 3.63) is 12.3 Å². The Bertz CT molecular complexity index is 207. The van der Waals surface area contributed by atoms with Crippen LogP contribution in [0.15, 0.2) is 12.3 Å². The molecule has 0 spiro atoms. The molecule has 0 aromatic carbocycles. The Labute approximate surface area is 97.2 Å². The summed E-state index contributed by atoms with van der Waals surface area (Å²) in [5.41, 5.74) is 0.514. The van der Waals surface area contributed by atoms with Crippen LogP contribution in [0.5, 0.6) is 0 Å². The monoisotopic (exact) mass is 230 g/mol. The van der Waals surface area contributed by atoms with Gasteiger partial charge in [0.1, 0.15) is 0 Å². The summed E-state index contributed by atoms with van der Waals surface area (Å²) < 4.78 is 2.99. The second-order valence-electron chi connectivity index (χ2n) is 3.52. The van der Waals surface area contributed by atoms with Crippen LogP contribution in [0.4, 0.5) is 0 Å². The summed E-state index contributed by atoms with van der Waals surface area (Å²) in [5.74, 6) is 0.0425. The van der Waals surface area contributed by atoms with Crippen LogP contribution in [0.1, 0.15) is 33.1 Å². The fourth-order valence-corrected chi connectivity index (χ4v) is 1.65. The van der Waals surface area contributed by atoms with E-state index in [2.05, 4.69) is 23.5 Å². The van der Waals surface area contributed by atoms with Gasteiger partial charge >= 0.3 is 0 Å². The van der Waals surface area contributed by atoms with Gasteiger partial charge in [-0.05, 0) is 19.6 Å². The molecule has 0 radical (unpaired) electrons. The number of carbonyl (C=O) groups excluding carboxylic acids is 1. The summed E-state index contributed by atoms with van der Waals surface area (Å²) in [6, 6.07) is -0.175. The molecule has 0 aliphatic heterocycles. The van der Waals surface area contributed by atoms with E-state index in [1.807, 2.05) is 13.2 Å². The van der Waals surface area contributed by atoms with Crippen molar-refractivity contribution in [2.45, 2.75) is 39.2 Å².